The normalized spacial score (nSPS) is 11.9. The molecule has 29 heavy (non-hydrogen) atoms. The summed E-state index contributed by atoms with van der Waals surface area (Å²) in [7, 11) is 3.55. The lowest BCUT2D eigenvalue weighted by Gasteiger charge is -2.23. The molecule has 0 saturated carbocycles. The maximum Gasteiger partial charge on any atom is 0.278 e. The summed E-state index contributed by atoms with van der Waals surface area (Å²) in [6.07, 6.45) is 6.74. The third kappa shape index (κ3) is 3.36. The third-order valence-electron chi connectivity index (χ3n) is 4.86. The van der Waals surface area contributed by atoms with E-state index >= 15 is 0 Å². The number of hydrogen-bond donors (Lipinski definition) is 1. The second-order valence-corrected chi connectivity index (χ2v) is 6.53. The first-order valence-electron chi connectivity index (χ1n) is 8.98. The van der Waals surface area contributed by atoms with Crippen LogP contribution in [0.4, 0.5) is 11.4 Å². The molecule has 4 rings (SSSR count). The molecule has 0 amide bonds. The Morgan fingerprint density at radius 1 is 1.14 bits per heavy atom. The quantitative estimate of drug-likeness (QED) is 0.394. The van der Waals surface area contributed by atoms with Crippen molar-refractivity contribution in [1.29, 1.82) is 0 Å². The van der Waals surface area contributed by atoms with Gasteiger partial charge in [0.2, 0.25) is 0 Å². The van der Waals surface area contributed by atoms with Crippen LogP contribution in [0.25, 0.3) is 10.8 Å². The van der Waals surface area contributed by atoms with E-state index in [0.717, 1.165) is 22.8 Å². The van der Waals surface area contributed by atoms with Crippen LogP contribution < -0.4 is 10.1 Å². The number of methoxy groups -OCH3 is 1. The van der Waals surface area contributed by atoms with Crippen LogP contribution >= 0.6 is 0 Å². The Kier molecular flexibility index (Phi) is 4.82. The highest BCUT2D eigenvalue weighted by Crippen LogP contribution is 2.36. The molecule has 0 aliphatic rings. The van der Waals surface area contributed by atoms with Crippen molar-refractivity contribution >= 4 is 22.1 Å². The first kappa shape index (κ1) is 18.4. The number of non-ortho nitro benzene ring substituents is 1. The van der Waals surface area contributed by atoms with Gasteiger partial charge in [0.15, 0.2) is 0 Å². The Morgan fingerprint density at radius 2 is 1.97 bits per heavy atom. The first-order valence-corrected chi connectivity index (χ1v) is 8.98. The highest BCUT2D eigenvalue weighted by molar-refractivity contribution is 5.99. The van der Waals surface area contributed by atoms with Crippen molar-refractivity contribution in [2.45, 2.75) is 6.04 Å². The summed E-state index contributed by atoms with van der Waals surface area (Å²) < 4.78 is 7.49. The van der Waals surface area contributed by atoms with Crippen molar-refractivity contribution in [1.82, 2.24) is 14.5 Å². The number of nitro benzene ring substituents is 1. The van der Waals surface area contributed by atoms with E-state index in [0.29, 0.717) is 10.8 Å². The van der Waals surface area contributed by atoms with Gasteiger partial charge in [-0.2, -0.15) is 0 Å². The van der Waals surface area contributed by atoms with Crippen molar-refractivity contribution < 1.29 is 9.66 Å². The molecule has 0 aliphatic heterocycles. The molecule has 8 heteroatoms. The zero-order chi connectivity index (χ0) is 20.4. The summed E-state index contributed by atoms with van der Waals surface area (Å²) in [5, 5.41) is 16.1. The minimum absolute atomic E-state index is 0.0180. The van der Waals surface area contributed by atoms with Gasteiger partial charge in [-0.15, -0.1) is 0 Å². The predicted octanol–water partition coefficient (Wildman–Crippen LogP) is 4.09. The summed E-state index contributed by atoms with van der Waals surface area (Å²) in [5.74, 6) is 1.51. The van der Waals surface area contributed by atoms with Crippen molar-refractivity contribution in [3.63, 3.8) is 0 Å². The summed E-state index contributed by atoms with van der Waals surface area (Å²) in [6, 6.07) is 12.4. The molecule has 1 atom stereocenters. The van der Waals surface area contributed by atoms with Crippen LogP contribution in [0.15, 0.2) is 67.3 Å². The van der Waals surface area contributed by atoms with Gasteiger partial charge in [-0.3, -0.25) is 15.1 Å². The molecule has 1 N–H and O–H groups in total. The van der Waals surface area contributed by atoms with Crippen LogP contribution in [0, 0.1) is 10.1 Å². The topological polar surface area (TPSA) is 95.1 Å². The number of hydrogen-bond acceptors (Lipinski definition) is 6. The Morgan fingerprint density at radius 3 is 2.69 bits per heavy atom. The molecule has 4 aromatic rings. The van der Waals surface area contributed by atoms with E-state index in [4.69, 9.17) is 4.74 Å². The fourth-order valence-electron chi connectivity index (χ4n) is 3.46. The molecule has 8 nitrogen and oxygen atoms in total. The van der Waals surface area contributed by atoms with Gasteiger partial charge in [-0.25, -0.2) is 4.98 Å². The average molecular weight is 389 g/mol. The van der Waals surface area contributed by atoms with Crippen molar-refractivity contribution in [3.8, 4) is 5.75 Å². The van der Waals surface area contributed by atoms with E-state index in [-0.39, 0.29) is 11.7 Å². The molecule has 0 unspecified atom stereocenters. The predicted molar refractivity (Wildman–Crippen MR) is 110 cm³/mol. The largest absolute Gasteiger partial charge is 0.496 e. The van der Waals surface area contributed by atoms with Gasteiger partial charge in [0.1, 0.15) is 17.6 Å². The molecule has 0 saturated heterocycles. The smallest absolute Gasteiger partial charge is 0.278 e. The molecule has 2 aromatic carbocycles. The zero-order valence-electron chi connectivity index (χ0n) is 15.9. The molecule has 0 aliphatic carbocycles. The van der Waals surface area contributed by atoms with Crippen LogP contribution in [0.5, 0.6) is 5.75 Å². The van der Waals surface area contributed by atoms with E-state index in [1.807, 2.05) is 42.1 Å². The number of pyridine rings is 1. The summed E-state index contributed by atoms with van der Waals surface area (Å²) >= 11 is 0. The lowest BCUT2D eigenvalue weighted by atomic mass is 10.0. The maximum absolute atomic E-state index is 11.4. The van der Waals surface area contributed by atoms with Gasteiger partial charge < -0.3 is 14.6 Å². The number of nitro groups is 1. The Balaban J connectivity index is 1.87. The maximum atomic E-state index is 11.4. The van der Waals surface area contributed by atoms with E-state index < -0.39 is 4.92 Å². The van der Waals surface area contributed by atoms with Crippen LogP contribution in [0.2, 0.25) is 0 Å². The zero-order valence-corrected chi connectivity index (χ0v) is 15.9. The number of benzene rings is 2. The number of para-hydroxylation sites is 1. The summed E-state index contributed by atoms with van der Waals surface area (Å²) in [5.41, 5.74) is 1.67. The van der Waals surface area contributed by atoms with Gasteiger partial charge >= 0.3 is 0 Å². The van der Waals surface area contributed by atoms with E-state index in [2.05, 4.69) is 15.3 Å². The van der Waals surface area contributed by atoms with E-state index in [9.17, 15) is 10.1 Å². The van der Waals surface area contributed by atoms with Crippen molar-refractivity contribution in [2.24, 2.45) is 7.05 Å². The number of fused-ring (bicyclic) bond motifs is 1. The molecule has 0 radical (unpaired) electrons. The molecular formula is C21H19N5O3. The van der Waals surface area contributed by atoms with Crippen molar-refractivity contribution in [2.75, 3.05) is 12.4 Å². The van der Waals surface area contributed by atoms with Gasteiger partial charge in [-0.1, -0.05) is 18.2 Å². The minimum atomic E-state index is -0.399. The monoisotopic (exact) mass is 389 g/mol. The Labute approximate surface area is 166 Å². The molecule has 0 bridgehead atoms. The Bertz CT molecular complexity index is 1190. The third-order valence-corrected chi connectivity index (χ3v) is 4.86. The Hall–Kier alpha value is -3.94. The SMILES string of the molecule is COc1ccccc1[C@H](Nc1ccc([N+](=O)[O-])c2cnccc12)c1nccn1C. The molecule has 2 heterocycles. The number of aryl methyl sites for hydroxylation is 1. The standard InChI is InChI=1S/C21H19N5O3/c1-25-12-11-23-21(25)20(15-5-3-4-6-19(15)29-2)24-17-7-8-18(26(27)28)16-13-22-10-9-14(16)17/h3-13,20,24H,1-2H3/t20-/m0/s1. The van der Waals surface area contributed by atoms with Crippen LogP contribution in [0.1, 0.15) is 17.4 Å². The first-order chi connectivity index (χ1) is 14.1. The number of aromatic nitrogens is 3. The number of ether oxygens (including phenoxy) is 1. The summed E-state index contributed by atoms with van der Waals surface area (Å²) in [6.45, 7) is 0. The second kappa shape index (κ2) is 7.59. The number of rotatable bonds is 6. The van der Waals surface area contributed by atoms with Crippen LogP contribution in [-0.2, 0) is 7.05 Å². The lowest BCUT2D eigenvalue weighted by Crippen LogP contribution is -2.18. The molecule has 0 spiro atoms. The lowest BCUT2D eigenvalue weighted by molar-refractivity contribution is -0.383. The fraction of sp³-hybridized carbons (Fsp3) is 0.143. The van der Waals surface area contributed by atoms with Gasteiger partial charge in [0.25, 0.3) is 5.69 Å². The van der Waals surface area contributed by atoms with E-state index in [1.165, 1.54) is 12.3 Å². The van der Waals surface area contributed by atoms with Gasteiger partial charge in [0.05, 0.1) is 17.4 Å². The number of imidazole rings is 1. The summed E-state index contributed by atoms with van der Waals surface area (Å²) in [4.78, 5) is 19.6. The van der Waals surface area contributed by atoms with Crippen LogP contribution in [0.3, 0.4) is 0 Å². The molecule has 146 valence electrons. The van der Waals surface area contributed by atoms with Crippen LogP contribution in [-0.4, -0.2) is 26.6 Å². The number of anilines is 1. The minimum Gasteiger partial charge on any atom is -0.496 e. The average Bonchev–Trinajstić information content (AvgIpc) is 3.17. The van der Waals surface area contributed by atoms with Gasteiger partial charge in [0, 0.05) is 54.5 Å². The highest BCUT2D eigenvalue weighted by atomic mass is 16.6. The molecular weight excluding hydrogens is 370 g/mol. The van der Waals surface area contributed by atoms with E-state index in [1.54, 1.807) is 31.6 Å². The molecule has 2 aromatic heterocycles. The van der Waals surface area contributed by atoms with Gasteiger partial charge in [-0.05, 0) is 18.2 Å². The highest BCUT2D eigenvalue weighted by Gasteiger charge is 2.23. The fourth-order valence-corrected chi connectivity index (χ4v) is 3.46. The number of nitrogens with one attached hydrogen (secondary N) is 1. The molecule has 0 fully saturated rings. The van der Waals surface area contributed by atoms with Crippen molar-refractivity contribution in [3.05, 3.63) is 88.8 Å². The number of nitrogens with zero attached hydrogens (tertiary/aromatic N) is 4. The second-order valence-electron chi connectivity index (χ2n) is 6.53.